The second-order valence-electron chi connectivity index (χ2n) is 10.4. The van der Waals surface area contributed by atoms with E-state index in [0.717, 1.165) is 56.0 Å². The molecule has 0 saturated carbocycles. The molecule has 0 aliphatic rings. The summed E-state index contributed by atoms with van der Waals surface area (Å²) in [5.74, 6) is 1.95. The van der Waals surface area contributed by atoms with Crippen molar-refractivity contribution in [2.24, 2.45) is 0 Å². The summed E-state index contributed by atoms with van der Waals surface area (Å²) in [4.78, 5) is 12.7. The van der Waals surface area contributed by atoms with E-state index in [9.17, 15) is 4.79 Å². The van der Waals surface area contributed by atoms with Crippen LogP contribution in [0.25, 0.3) is 0 Å². The number of benzene rings is 4. The molecule has 0 spiro atoms. The predicted molar refractivity (Wildman–Crippen MR) is 171 cm³/mol. The smallest absolute Gasteiger partial charge is 0.160 e. The quantitative estimate of drug-likeness (QED) is 0.142. The normalized spacial score (nSPS) is 12.6. The standard InChI is InChI=1S/C35H36Br2O3/c1-23-15-29(16-24(2)34(23)39-21-27-11-7-5-8-12-27)19-31(36)33(38)32(37)20-30-17-25(3)35(26(4)18-30)40-22-28-13-9-6-10-14-28/h5-18,31-32H,19-22H2,1-4H3. The third kappa shape index (κ3) is 8.08. The number of alkyl halides is 2. The van der Waals surface area contributed by atoms with E-state index in [0.29, 0.717) is 26.1 Å². The number of carbonyl (C=O) groups excluding carboxylic acids is 1. The Hall–Kier alpha value is -2.89. The molecule has 3 nitrogen and oxygen atoms in total. The summed E-state index contributed by atoms with van der Waals surface area (Å²) >= 11 is 7.35. The van der Waals surface area contributed by atoms with Crippen LogP contribution >= 0.6 is 31.9 Å². The molecule has 0 aromatic heterocycles. The van der Waals surface area contributed by atoms with Crippen LogP contribution in [0.1, 0.15) is 44.5 Å². The molecule has 0 N–H and O–H groups in total. The average Bonchev–Trinajstić information content (AvgIpc) is 2.92. The molecular weight excluding hydrogens is 628 g/mol. The monoisotopic (exact) mass is 662 g/mol. The third-order valence-electron chi connectivity index (χ3n) is 6.94. The van der Waals surface area contributed by atoms with Gasteiger partial charge in [-0.15, -0.1) is 0 Å². The molecule has 0 heterocycles. The molecule has 40 heavy (non-hydrogen) atoms. The number of aryl methyl sites for hydroxylation is 4. The van der Waals surface area contributed by atoms with E-state index in [1.807, 2.05) is 36.4 Å². The highest BCUT2D eigenvalue weighted by atomic mass is 79.9. The maximum absolute atomic E-state index is 13.3. The highest BCUT2D eigenvalue weighted by molar-refractivity contribution is 9.10. The van der Waals surface area contributed by atoms with Crippen LogP contribution in [0.3, 0.4) is 0 Å². The average molecular weight is 664 g/mol. The van der Waals surface area contributed by atoms with Gasteiger partial charge in [-0.2, -0.15) is 0 Å². The second kappa shape index (κ2) is 14.1. The fourth-order valence-corrected chi connectivity index (χ4v) is 6.78. The summed E-state index contributed by atoms with van der Waals surface area (Å²) in [5.41, 5.74) is 8.82. The van der Waals surface area contributed by atoms with Crippen LogP contribution in [-0.4, -0.2) is 15.4 Å². The van der Waals surface area contributed by atoms with Crippen LogP contribution in [0.2, 0.25) is 0 Å². The number of hydrogen-bond acceptors (Lipinski definition) is 3. The minimum atomic E-state index is -0.289. The molecular formula is C35H36Br2O3. The van der Waals surface area contributed by atoms with Crippen molar-refractivity contribution in [1.29, 1.82) is 0 Å². The summed E-state index contributed by atoms with van der Waals surface area (Å²) in [7, 11) is 0. The SMILES string of the molecule is Cc1cc(CC(Br)C(=O)C(Br)Cc2cc(C)c(OCc3ccccc3)c(C)c2)cc(C)c1OCc1ccccc1. The molecule has 4 rings (SSSR count). The van der Waals surface area contributed by atoms with Gasteiger partial charge in [0.25, 0.3) is 0 Å². The Balaban J connectivity index is 1.35. The van der Waals surface area contributed by atoms with E-state index in [4.69, 9.17) is 9.47 Å². The van der Waals surface area contributed by atoms with Crippen molar-refractivity contribution < 1.29 is 14.3 Å². The van der Waals surface area contributed by atoms with Gasteiger partial charge in [0.15, 0.2) is 5.78 Å². The number of ketones is 1. The summed E-state index contributed by atoms with van der Waals surface area (Å²) in [6.07, 6.45) is 1.23. The Morgan fingerprint density at radius 1 is 0.575 bits per heavy atom. The number of ether oxygens (including phenoxy) is 2. The van der Waals surface area contributed by atoms with E-state index in [-0.39, 0.29) is 15.4 Å². The Morgan fingerprint density at radius 3 is 1.23 bits per heavy atom. The van der Waals surface area contributed by atoms with E-state index in [1.54, 1.807) is 0 Å². The van der Waals surface area contributed by atoms with Crippen molar-refractivity contribution in [2.45, 2.75) is 63.4 Å². The second-order valence-corrected chi connectivity index (χ2v) is 12.6. The molecule has 2 unspecified atom stereocenters. The van der Waals surface area contributed by atoms with Crippen molar-refractivity contribution in [1.82, 2.24) is 0 Å². The maximum Gasteiger partial charge on any atom is 0.160 e. The summed E-state index contributed by atoms with van der Waals surface area (Å²) in [6, 6.07) is 28.8. The Labute approximate surface area is 255 Å². The van der Waals surface area contributed by atoms with Crippen molar-refractivity contribution in [3.05, 3.63) is 129 Å². The molecule has 208 valence electrons. The Bertz CT molecular complexity index is 1280. The topological polar surface area (TPSA) is 35.5 Å². The summed E-state index contributed by atoms with van der Waals surface area (Å²) in [5, 5.41) is 0. The molecule has 0 amide bonds. The molecule has 4 aromatic rings. The number of Topliss-reactive ketones (excluding diaryl/α,β-unsaturated/α-hetero) is 1. The zero-order valence-electron chi connectivity index (χ0n) is 23.5. The molecule has 5 heteroatoms. The highest BCUT2D eigenvalue weighted by Gasteiger charge is 2.24. The molecule has 4 aromatic carbocycles. The van der Waals surface area contributed by atoms with E-state index < -0.39 is 0 Å². The molecule has 2 atom stereocenters. The zero-order chi connectivity index (χ0) is 28.6. The van der Waals surface area contributed by atoms with Crippen LogP contribution in [-0.2, 0) is 30.8 Å². The van der Waals surface area contributed by atoms with Gasteiger partial charge in [-0.3, -0.25) is 4.79 Å². The van der Waals surface area contributed by atoms with Gasteiger partial charge in [-0.1, -0.05) is 117 Å². The van der Waals surface area contributed by atoms with Crippen LogP contribution in [0, 0.1) is 27.7 Å². The van der Waals surface area contributed by atoms with Gasteiger partial charge in [-0.05, 0) is 85.0 Å². The molecule has 0 saturated heterocycles. The Kier molecular flexibility index (Phi) is 10.6. The maximum atomic E-state index is 13.3. The Morgan fingerprint density at radius 2 is 0.900 bits per heavy atom. The summed E-state index contributed by atoms with van der Waals surface area (Å²) in [6.45, 7) is 9.32. The highest BCUT2D eigenvalue weighted by Crippen LogP contribution is 2.30. The van der Waals surface area contributed by atoms with Gasteiger partial charge >= 0.3 is 0 Å². The van der Waals surface area contributed by atoms with Crippen molar-refractivity contribution >= 4 is 37.6 Å². The number of hydrogen-bond donors (Lipinski definition) is 0. The van der Waals surface area contributed by atoms with Gasteiger partial charge in [-0.25, -0.2) is 0 Å². The van der Waals surface area contributed by atoms with E-state index in [1.165, 1.54) is 0 Å². The fraction of sp³-hybridized carbons (Fsp3) is 0.286. The van der Waals surface area contributed by atoms with Crippen LogP contribution in [0.4, 0.5) is 0 Å². The lowest BCUT2D eigenvalue weighted by molar-refractivity contribution is -0.117. The minimum absolute atomic E-state index is 0.138. The molecule has 0 fully saturated rings. The lowest BCUT2D eigenvalue weighted by Crippen LogP contribution is -2.27. The van der Waals surface area contributed by atoms with Gasteiger partial charge in [0.1, 0.15) is 24.7 Å². The molecule has 0 bridgehead atoms. The van der Waals surface area contributed by atoms with Crippen LogP contribution in [0.5, 0.6) is 11.5 Å². The number of carbonyl (C=O) groups is 1. The first-order valence-electron chi connectivity index (χ1n) is 13.6. The number of halogens is 2. The van der Waals surface area contributed by atoms with Gasteiger partial charge in [0.05, 0.1) is 9.65 Å². The van der Waals surface area contributed by atoms with Gasteiger partial charge in [0.2, 0.25) is 0 Å². The van der Waals surface area contributed by atoms with Crippen LogP contribution in [0.15, 0.2) is 84.9 Å². The predicted octanol–water partition coefficient (Wildman–Crippen LogP) is 8.96. The van der Waals surface area contributed by atoms with Crippen molar-refractivity contribution in [3.63, 3.8) is 0 Å². The van der Waals surface area contributed by atoms with Gasteiger partial charge < -0.3 is 9.47 Å². The van der Waals surface area contributed by atoms with Crippen molar-refractivity contribution in [2.75, 3.05) is 0 Å². The number of rotatable bonds is 12. The van der Waals surface area contributed by atoms with Gasteiger partial charge in [0, 0.05) is 0 Å². The molecule has 0 aliphatic carbocycles. The first-order valence-corrected chi connectivity index (χ1v) is 15.4. The van der Waals surface area contributed by atoms with Crippen molar-refractivity contribution in [3.8, 4) is 11.5 Å². The van der Waals surface area contributed by atoms with Crippen LogP contribution < -0.4 is 9.47 Å². The lowest BCUT2D eigenvalue weighted by atomic mass is 9.97. The third-order valence-corrected chi connectivity index (χ3v) is 8.49. The first-order chi connectivity index (χ1) is 19.2. The summed E-state index contributed by atoms with van der Waals surface area (Å²) < 4.78 is 12.3. The fourth-order valence-electron chi connectivity index (χ4n) is 5.04. The van der Waals surface area contributed by atoms with E-state index >= 15 is 0 Å². The first kappa shape index (κ1) is 30.1. The lowest BCUT2D eigenvalue weighted by Gasteiger charge is -2.18. The minimum Gasteiger partial charge on any atom is -0.488 e. The molecule has 0 radical (unpaired) electrons. The zero-order valence-corrected chi connectivity index (χ0v) is 26.7. The van der Waals surface area contributed by atoms with E-state index in [2.05, 4.69) is 108 Å². The molecule has 0 aliphatic heterocycles. The largest absolute Gasteiger partial charge is 0.488 e.